The second-order valence-electron chi connectivity index (χ2n) is 5.08. The number of aromatic nitrogens is 1. The van der Waals surface area contributed by atoms with Crippen LogP contribution in [0.25, 0.3) is 10.9 Å². The van der Waals surface area contributed by atoms with Gasteiger partial charge in [0.05, 0.1) is 0 Å². The lowest BCUT2D eigenvalue weighted by atomic mass is 10.2. The van der Waals surface area contributed by atoms with Crippen molar-refractivity contribution in [3.63, 3.8) is 0 Å². The molecule has 0 bridgehead atoms. The maximum Gasteiger partial charge on any atom is 0.0499 e. The number of hydrogen-bond donors (Lipinski definition) is 1. The Balaban J connectivity index is 1.77. The summed E-state index contributed by atoms with van der Waals surface area (Å²) in [5.74, 6) is 0. The number of nitrogens with zero attached hydrogens (tertiary/aromatic N) is 2. The Morgan fingerprint density at radius 1 is 1.22 bits per heavy atom. The summed E-state index contributed by atoms with van der Waals surface area (Å²) in [6.07, 6.45) is 0. The molecule has 1 saturated heterocycles. The van der Waals surface area contributed by atoms with E-state index in [1.807, 2.05) is 12.1 Å². The third-order valence-electron chi connectivity index (χ3n) is 3.66. The molecule has 0 spiro atoms. The third-order valence-corrected chi connectivity index (χ3v) is 3.99. The number of H-pyrrole nitrogens is 1. The first-order valence-electron chi connectivity index (χ1n) is 6.39. The first kappa shape index (κ1) is 12.0. The average Bonchev–Trinajstić information content (AvgIpc) is 2.76. The van der Waals surface area contributed by atoms with Gasteiger partial charge in [-0.1, -0.05) is 17.7 Å². The lowest BCUT2D eigenvalue weighted by Gasteiger charge is -2.31. The number of piperazine rings is 1. The summed E-state index contributed by atoms with van der Waals surface area (Å²) in [5.41, 5.74) is 2.38. The molecule has 0 atom stereocenters. The van der Waals surface area contributed by atoms with E-state index >= 15 is 0 Å². The maximum atomic E-state index is 6.19. The molecule has 1 aliphatic heterocycles. The zero-order valence-electron chi connectivity index (χ0n) is 10.6. The fourth-order valence-corrected chi connectivity index (χ4v) is 2.74. The molecule has 0 amide bonds. The van der Waals surface area contributed by atoms with Crippen LogP contribution in [0.3, 0.4) is 0 Å². The molecule has 3 nitrogen and oxygen atoms in total. The van der Waals surface area contributed by atoms with E-state index in [0.29, 0.717) is 0 Å². The molecule has 0 unspecified atom stereocenters. The summed E-state index contributed by atoms with van der Waals surface area (Å²) < 4.78 is 0. The molecule has 1 aromatic heterocycles. The number of rotatable bonds is 2. The average molecular weight is 264 g/mol. The molecule has 18 heavy (non-hydrogen) atoms. The van der Waals surface area contributed by atoms with Gasteiger partial charge in [0, 0.05) is 54.3 Å². The van der Waals surface area contributed by atoms with Gasteiger partial charge in [0.15, 0.2) is 0 Å². The molecule has 1 fully saturated rings. The van der Waals surface area contributed by atoms with E-state index in [1.165, 1.54) is 5.69 Å². The van der Waals surface area contributed by atoms with Crippen molar-refractivity contribution < 1.29 is 0 Å². The topological polar surface area (TPSA) is 22.3 Å². The summed E-state index contributed by atoms with van der Waals surface area (Å²) in [7, 11) is 2.18. The van der Waals surface area contributed by atoms with Crippen LogP contribution in [0.4, 0.5) is 0 Å². The SMILES string of the molecule is CN1CCN(Cc2cc3c(Cl)cccc3[nH]2)CC1. The molecule has 2 aromatic rings. The number of nitrogens with one attached hydrogen (secondary N) is 1. The molecular weight excluding hydrogens is 246 g/mol. The molecule has 1 N–H and O–H groups in total. The fraction of sp³-hybridized carbons (Fsp3) is 0.429. The van der Waals surface area contributed by atoms with Crippen molar-refractivity contribution in [1.29, 1.82) is 0 Å². The maximum absolute atomic E-state index is 6.19. The second-order valence-corrected chi connectivity index (χ2v) is 5.48. The molecule has 3 rings (SSSR count). The fourth-order valence-electron chi connectivity index (χ4n) is 2.51. The minimum absolute atomic E-state index is 0.827. The van der Waals surface area contributed by atoms with Gasteiger partial charge in [0.1, 0.15) is 0 Å². The molecule has 1 aliphatic rings. The van der Waals surface area contributed by atoms with Crippen molar-refractivity contribution >= 4 is 22.5 Å². The van der Waals surface area contributed by atoms with E-state index in [-0.39, 0.29) is 0 Å². The van der Waals surface area contributed by atoms with Crippen molar-refractivity contribution in [3.8, 4) is 0 Å². The number of halogens is 1. The lowest BCUT2D eigenvalue weighted by molar-refractivity contribution is 0.147. The number of fused-ring (bicyclic) bond motifs is 1. The van der Waals surface area contributed by atoms with Crippen LogP contribution < -0.4 is 0 Å². The van der Waals surface area contributed by atoms with Crippen LogP contribution in [0.5, 0.6) is 0 Å². The first-order valence-corrected chi connectivity index (χ1v) is 6.77. The van der Waals surface area contributed by atoms with Gasteiger partial charge in [-0.15, -0.1) is 0 Å². The van der Waals surface area contributed by atoms with Gasteiger partial charge in [0.2, 0.25) is 0 Å². The van der Waals surface area contributed by atoms with Crippen LogP contribution in [0.2, 0.25) is 5.02 Å². The summed E-state index contributed by atoms with van der Waals surface area (Å²) in [4.78, 5) is 8.31. The van der Waals surface area contributed by atoms with E-state index in [9.17, 15) is 0 Å². The number of likely N-dealkylation sites (N-methyl/N-ethyl adjacent to an activating group) is 1. The zero-order chi connectivity index (χ0) is 12.5. The van der Waals surface area contributed by atoms with Gasteiger partial charge < -0.3 is 9.88 Å². The summed E-state index contributed by atoms with van der Waals surface area (Å²) in [6, 6.07) is 8.18. The van der Waals surface area contributed by atoms with Gasteiger partial charge in [-0.3, -0.25) is 4.90 Å². The summed E-state index contributed by atoms with van der Waals surface area (Å²) in [5, 5.41) is 1.96. The highest BCUT2D eigenvalue weighted by molar-refractivity contribution is 6.35. The van der Waals surface area contributed by atoms with Crippen LogP contribution >= 0.6 is 11.6 Å². The van der Waals surface area contributed by atoms with Gasteiger partial charge in [-0.2, -0.15) is 0 Å². The predicted molar refractivity (Wildman–Crippen MR) is 76.1 cm³/mol. The Labute approximate surface area is 112 Å². The molecule has 0 aliphatic carbocycles. The van der Waals surface area contributed by atoms with E-state index in [2.05, 4.69) is 34.0 Å². The molecule has 0 saturated carbocycles. The van der Waals surface area contributed by atoms with Gasteiger partial charge in [-0.25, -0.2) is 0 Å². The van der Waals surface area contributed by atoms with Crippen LogP contribution in [0, 0.1) is 0 Å². The monoisotopic (exact) mass is 263 g/mol. The minimum atomic E-state index is 0.827. The van der Waals surface area contributed by atoms with Crippen LogP contribution in [0.1, 0.15) is 5.69 Å². The van der Waals surface area contributed by atoms with Crippen molar-refractivity contribution in [1.82, 2.24) is 14.8 Å². The van der Waals surface area contributed by atoms with Crippen molar-refractivity contribution in [2.75, 3.05) is 33.2 Å². The Morgan fingerprint density at radius 3 is 2.72 bits per heavy atom. The molecule has 4 heteroatoms. The normalized spacial score (nSPS) is 18.6. The highest BCUT2D eigenvalue weighted by atomic mass is 35.5. The third kappa shape index (κ3) is 2.39. The van der Waals surface area contributed by atoms with Crippen LogP contribution in [0.15, 0.2) is 24.3 Å². The zero-order valence-corrected chi connectivity index (χ0v) is 11.4. The smallest absolute Gasteiger partial charge is 0.0499 e. The molecule has 2 heterocycles. The van der Waals surface area contributed by atoms with Crippen LogP contribution in [-0.2, 0) is 6.54 Å². The lowest BCUT2D eigenvalue weighted by Crippen LogP contribution is -2.43. The molecule has 96 valence electrons. The highest BCUT2D eigenvalue weighted by Crippen LogP contribution is 2.24. The van der Waals surface area contributed by atoms with Gasteiger partial charge >= 0.3 is 0 Å². The van der Waals surface area contributed by atoms with E-state index < -0.39 is 0 Å². The minimum Gasteiger partial charge on any atom is -0.357 e. The molecular formula is C14H18ClN3. The van der Waals surface area contributed by atoms with E-state index in [4.69, 9.17) is 11.6 Å². The Bertz CT molecular complexity index is 541. The quantitative estimate of drug-likeness (QED) is 0.900. The van der Waals surface area contributed by atoms with Crippen molar-refractivity contribution in [2.45, 2.75) is 6.54 Å². The van der Waals surface area contributed by atoms with Gasteiger partial charge in [-0.05, 0) is 25.2 Å². The number of benzene rings is 1. The Kier molecular flexibility index (Phi) is 3.29. The van der Waals surface area contributed by atoms with Gasteiger partial charge in [0.25, 0.3) is 0 Å². The van der Waals surface area contributed by atoms with Crippen LogP contribution in [-0.4, -0.2) is 48.0 Å². The second kappa shape index (κ2) is 4.92. The largest absolute Gasteiger partial charge is 0.357 e. The standard InChI is InChI=1S/C14H18ClN3/c1-17-5-7-18(8-6-17)10-11-9-12-13(15)3-2-4-14(12)16-11/h2-4,9,16H,5-8,10H2,1H3. The Morgan fingerprint density at radius 2 is 2.00 bits per heavy atom. The van der Waals surface area contributed by atoms with Crippen molar-refractivity contribution in [3.05, 3.63) is 35.0 Å². The predicted octanol–water partition coefficient (Wildman–Crippen LogP) is 2.57. The number of aromatic amines is 1. The Hall–Kier alpha value is -1.03. The molecule has 1 aromatic carbocycles. The number of hydrogen-bond acceptors (Lipinski definition) is 2. The first-order chi connectivity index (χ1) is 8.72. The van der Waals surface area contributed by atoms with E-state index in [0.717, 1.165) is 48.6 Å². The van der Waals surface area contributed by atoms with E-state index in [1.54, 1.807) is 0 Å². The molecule has 0 radical (unpaired) electrons. The summed E-state index contributed by atoms with van der Waals surface area (Å²) in [6.45, 7) is 5.57. The highest BCUT2D eigenvalue weighted by Gasteiger charge is 2.14. The summed E-state index contributed by atoms with van der Waals surface area (Å²) >= 11 is 6.19. The van der Waals surface area contributed by atoms with Crippen molar-refractivity contribution in [2.24, 2.45) is 0 Å².